The molecule has 7 heteroatoms. The van der Waals surface area contributed by atoms with Gasteiger partial charge in [0.2, 0.25) is 0 Å². The van der Waals surface area contributed by atoms with Crippen LogP contribution in [0.4, 0.5) is 23.7 Å². The Labute approximate surface area is 137 Å². The fourth-order valence-corrected chi connectivity index (χ4v) is 2.13. The quantitative estimate of drug-likeness (QED) is 0.878. The molecule has 24 heavy (non-hydrogen) atoms. The first-order valence-electron chi connectivity index (χ1n) is 7.18. The lowest BCUT2D eigenvalue weighted by Gasteiger charge is -2.20. The number of aryl methyl sites for hydroxylation is 1. The van der Waals surface area contributed by atoms with E-state index in [-0.39, 0.29) is 23.8 Å². The highest BCUT2D eigenvalue weighted by Gasteiger charge is 2.16. The zero-order chi connectivity index (χ0) is 17.7. The molecular weight excluding hydrogens is 321 g/mol. The van der Waals surface area contributed by atoms with Gasteiger partial charge in [-0.3, -0.25) is 0 Å². The van der Waals surface area contributed by atoms with Crippen molar-refractivity contribution in [3.05, 3.63) is 59.4 Å². The SMILES string of the molecule is Cc1cccc(OC(F)F)c1NC(=O)N(C)Cc1ccc(F)cc1. The van der Waals surface area contributed by atoms with Crippen molar-refractivity contribution >= 4 is 11.7 Å². The first-order chi connectivity index (χ1) is 11.4. The van der Waals surface area contributed by atoms with E-state index in [4.69, 9.17) is 0 Å². The Kier molecular flexibility index (Phi) is 5.68. The highest BCUT2D eigenvalue weighted by Crippen LogP contribution is 2.29. The molecule has 0 bridgehead atoms. The molecule has 0 saturated heterocycles. The summed E-state index contributed by atoms with van der Waals surface area (Å²) in [6, 6.07) is 9.84. The largest absolute Gasteiger partial charge is 0.433 e. The predicted octanol–water partition coefficient (Wildman–Crippen LogP) is 4.40. The maximum Gasteiger partial charge on any atom is 0.387 e. The van der Waals surface area contributed by atoms with Gasteiger partial charge in [0.25, 0.3) is 0 Å². The van der Waals surface area contributed by atoms with Gasteiger partial charge >= 0.3 is 12.6 Å². The molecule has 128 valence electrons. The van der Waals surface area contributed by atoms with Crippen LogP contribution in [0.5, 0.6) is 5.75 Å². The van der Waals surface area contributed by atoms with E-state index in [1.165, 1.54) is 23.1 Å². The maximum atomic E-state index is 12.9. The van der Waals surface area contributed by atoms with E-state index >= 15 is 0 Å². The van der Waals surface area contributed by atoms with Crippen molar-refractivity contribution in [3.8, 4) is 5.75 Å². The molecule has 2 rings (SSSR count). The van der Waals surface area contributed by atoms with E-state index in [1.807, 2.05) is 0 Å². The number of urea groups is 1. The minimum Gasteiger partial charge on any atom is -0.433 e. The Morgan fingerprint density at radius 2 is 1.88 bits per heavy atom. The van der Waals surface area contributed by atoms with E-state index in [9.17, 15) is 18.0 Å². The normalized spacial score (nSPS) is 10.6. The summed E-state index contributed by atoms with van der Waals surface area (Å²) in [5.41, 5.74) is 1.52. The fraction of sp³-hybridized carbons (Fsp3) is 0.235. The van der Waals surface area contributed by atoms with E-state index in [2.05, 4.69) is 10.1 Å². The number of para-hydroxylation sites is 1. The van der Waals surface area contributed by atoms with Gasteiger partial charge in [0.15, 0.2) is 0 Å². The van der Waals surface area contributed by atoms with Gasteiger partial charge in [0, 0.05) is 13.6 Å². The van der Waals surface area contributed by atoms with E-state index < -0.39 is 12.6 Å². The molecule has 4 nitrogen and oxygen atoms in total. The van der Waals surface area contributed by atoms with E-state index in [0.29, 0.717) is 5.56 Å². The van der Waals surface area contributed by atoms with Crippen LogP contribution >= 0.6 is 0 Å². The molecule has 2 aromatic carbocycles. The molecule has 2 aromatic rings. The van der Waals surface area contributed by atoms with Crippen LogP contribution in [0.3, 0.4) is 0 Å². The Morgan fingerprint density at radius 1 is 1.21 bits per heavy atom. The van der Waals surface area contributed by atoms with Crippen LogP contribution in [0.25, 0.3) is 0 Å². The van der Waals surface area contributed by atoms with Gasteiger partial charge in [-0.2, -0.15) is 8.78 Å². The molecule has 2 amide bonds. The number of nitrogens with zero attached hydrogens (tertiary/aromatic N) is 1. The van der Waals surface area contributed by atoms with Crippen LogP contribution in [0.15, 0.2) is 42.5 Å². The number of nitrogens with one attached hydrogen (secondary N) is 1. The molecule has 0 aliphatic heterocycles. The third-order valence-electron chi connectivity index (χ3n) is 3.36. The van der Waals surface area contributed by atoms with Crippen molar-refractivity contribution < 1.29 is 22.7 Å². The lowest BCUT2D eigenvalue weighted by molar-refractivity contribution is -0.0493. The number of hydrogen-bond acceptors (Lipinski definition) is 2. The number of halogens is 3. The van der Waals surface area contributed by atoms with Gasteiger partial charge in [-0.05, 0) is 36.2 Å². The second kappa shape index (κ2) is 7.72. The molecular formula is C17H17F3N2O2. The molecule has 0 aromatic heterocycles. The maximum absolute atomic E-state index is 12.9. The van der Waals surface area contributed by atoms with Crippen molar-refractivity contribution in [2.75, 3.05) is 12.4 Å². The van der Waals surface area contributed by atoms with Gasteiger partial charge in [0.1, 0.15) is 11.6 Å². The number of anilines is 1. The standard InChI is InChI=1S/C17H17F3N2O2/c1-11-4-3-5-14(24-16(19)20)15(11)21-17(23)22(2)10-12-6-8-13(18)9-7-12/h3-9,16H,10H2,1-2H3,(H,21,23). The van der Waals surface area contributed by atoms with Crippen molar-refractivity contribution in [2.45, 2.75) is 20.1 Å². The number of rotatable bonds is 5. The second-order valence-electron chi connectivity index (χ2n) is 5.24. The number of amides is 2. The third-order valence-corrected chi connectivity index (χ3v) is 3.36. The Morgan fingerprint density at radius 3 is 2.50 bits per heavy atom. The van der Waals surface area contributed by atoms with Crippen molar-refractivity contribution in [1.29, 1.82) is 0 Å². The predicted molar refractivity (Wildman–Crippen MR) is 84.7 cm³/mol. The molecule has 1 N–H and O–H groups in total. The number of hydrogen-bond donors (Lipinski definition) is 1. The van der Waals surface area contributed by atoms with Crippen LogP contribution in [-0.2, 0) is 6.54 Å². The molecule has 0 atom stereocenters. The summed E-state index contributed by atoms with van der Waals surface area (Å²) in [5, 5.41) is 2.57. The highest BCUT2D eigenvalue weighted by molar-refractivity contribution is 5.91. The average molecular weight is 338 g/mol. The minimum absolute atomic E-state index is 0.103. The summed E-state index contributed by atoms with van der Waals surface area (Å²) in [6.45, 7) is -1.07. The molecule has 0 spiro atoms. The zero-order valence-electron chi connectivity index (χ0n) is 13.2. The van der Waals surface area contributed by atoms with E-state index in [1.54, 1.807) is 38.2 Å². The molecule has 0 radical (unpaired) electrons. The molecule has 0 heterocycles. The first kappa shape index (κ1) is 17.7. The molecule has 0 saturated carbocycles. The summed E-state index contributed by atoms with van der Waals surface area (Å²) >= 11 is 0. The van der Waals surface area contributed by atoms with Gasteiger partial charge in [0.05, 0.1) is 5.69 Å². The average Bonchev–Trinajstić information content (AvgIpc) is 2.52. The molecule has 0 fully saturated rings. The third kappa shape index (κ3) is 4.65. The Bertz CT molecular complexity index is 705. The van der Waals surface area contributed by atoms with Crippen molar-refractivity contribution in [2.24, 2.45) is 0 Å². The minimum atomic E-state index is -2.99. The van der Waals surface area contributed by atoms with Crippen LogP contribution in [0.2, 0.25) is 0 Å². The molecule has 0 unspecified atom stereocenters. The summed E-state index contributed by atoms with van der Waals surface area (Å²) in [6.07, 6.45) is 0. The molecule has 0 aliphatic rings. The summed E-state index contributed by atoms with van der Waals surface area (Å²) in [5.74, 6) is -0.465. The van der Waals surface area contributed by atoms with Crippen LogP contribution in [0, 0.1) is 12.7 Å². The number of benzene rings is 2. The first-order valence-corrected chi connectivity index (χ1v) is 7.18. The van der Waals surface area contributed by atoms with Gasteiger partial charge in [-0.25, -0.2) is 9.18 Å². The summed E-state index contributed by atoms with van der Waals surface area (Å²) in [4.78, 5) is 13.6. The smallest absolute Gasteiger partial charge is 0.387 e. The van der Waals surface area contributed by atoms with Crippen LogP contribution in [-0.4, -0.2) is 24.6 Å². The summed E-state index contributed by atoms with van der Waals surface area (Å²) < 4.78 is 42.3. The van der Waals surface area contributed by atoms with Crippen LogP contribution in [0.1, 0.15) is 11.1 Å². The Balaban J connectivity index is 2.09. The molecule has 0 aliphatic carbocycles. The zero-order valence-corrected chi connectivity index (χ0v) is 13.2. The summed E-state index contributed by atoms with van der Waals surface area (Å²) in [7, 11) is 1.55. The van der Waals surface area contributed by atoms with Gasteiger partial charge in [-0.1, -0.05) is 24.3 Å². The van der Waals surface area contributed by atoms with Crippen molar-refractivity contribution in [3.63, 3.8) is 0 Å². The number of carbonyl (C=O) groups excluding carboxylic acids is 1. The lowest BCUT2D eigenvalue weighted by Crippen LogP contribution is -2.31. The fourth-order valence-electron chi connectivity index (χ4n) is 2.13. The number of alkyl halides is 2. The van der Waals surface area contributed by atoms with E-state index in [0.717, 1.165) is 5.56 Å². The lowest BCUT2D eigenvalue weighted by atomic mass is 10.2. The topological polar surface area (TPSA) is 41.6 Å². The Hall–Kier alpha value is -2.70. The van der Waals surface area contributed by atoms with Crippen LogP contribution < -0.4 is 10.1 Å². The number of carbonyl (C=O) groups is 1. The van der Waals surface area contributed by atoms with Gasteiger partial charge in [-0.15, -0.1) is 0 Å². The monoisotopic (exact) mass is 338 g/mol. The number of ether oxygens (including phenoxy) is 1. The van der Waals surface area contributed by atoms with Crippen molar-refractivity contribution in [1.82, 2.24) is 4.90 Å². The second-order valence-corrected chi connectivity index (χ2v) is 5.24. The highest BCUT2D eigenvalue weighted by atomic mass is 19.3. The van der Waals surface area contributed by atoms with Gasteiger partial charge < -0.3 is 15.0 Å².